The normalized spacial score (nSPS) is 11.5. The van der Waals surface area contributed by atoms with Crippen molar-refractivity contribution in [2.24, 2.45) is 12.0 Å². The molecule has 0 aliphatic heterocycles. The van der Waals surface area contributed by atoms with Crippen molar-refractivity contribution in [3.05, 3.63) is 28.4 Å². The molecule has 3 aromatic rings. The van der Waals surface area contributed by atoms with Crippen LogP contribution in [-0.4, -0.2) is 70.8 Å². The molecule has 1 N–H and O–H groups in total. The summed E-state index contributed by atoms with van der Waals surface area (Å²) in [6.45, 7) is 0.461. The number of imidazole rings is 1. The van der Waals surface area contributed by atoms with Gasteiger partial charge < -0.3 is 20.1 Å². The van der Waals surface area contributed by atoms with Gasteiger partial charge in [0.1, 0.15) is 6.20 Å². The van der Waals surface area contributed by atoms with E-state index in [0.29, 0.717) is 18.0 Å². The van der Waals surface area contributed by atoms with E-state index in [-0.39, 0.29) is 24.1 Å². The van der Waals surface area contributed by atoms with Crippen LogP contribution in [0.2, 0.25) is 0 Å². The number of hydrogen-bond acceptors (Lipinski definition) is 8. The Hall–Kier alpha value is -3.41. The van der Waals surface area contributed by atoms with Crippen LogP contribution in [-0.2, 0) is 7.05 Å². The third-order valence-electron chi connectivity index (χ3n) is 3.44. The average Bonchev–Trinajstić information content (AvgIpc) is 3.16. The molecule has 3 aromatic heterocycles. The zero-order valence-electron chi connectivity index (χ0n) is 13.5. The van der Waals surface area contributed by atoms with Crippen molar-refractivity contribution in [2.75, 3.05) is 20.2 Å². The molecule has 0 fully saturated rings. The number of aliphatic hydroxyl groups excluding tert-OH is 1. The summed E-state index contributed by atoms with van der Waals surface area (Å²) in [5.41, 5.74) is 0.461. The summed E-state index contributed by atoms with van der Waals surface area (Å²) in [5.74, 6) is 0.769. The Labute approximate surface area is 141 Å². The molecule has 0 aliphatic rings. The van der Waals surface area contributed by atoms with Crippen LogP contribution in [0, 0.1) is 10.1 Å². The van der Waals surface area contributed by atoms with E-state index in [2.05, 4.69) is 25.3 Å². The predicted octanol–water partition coefficient (Wildman–Crippen LogP) is 0.0169. The van der Waals surface area contributed by atoms with Gasteiger partial charge in [0.15, 0.2) is 11.5 Å². The highest BCUT2D eigenvalue weighted by atomic mass is 16.6. The van der Waals surface area contributed by atoms with E-state index >= 15 is 0 Å². The van der Waals surface area contributed by atoms with E-state index in [4.69, 9.17) is 5.11 Å². The van der Waals surface area contributed by atoms with Crippen molar-refractivity contribution in [3.63, 3.8) is 0 Å². The van der Waals surface area contributed by atoms with Gasteiger partial charge in [-0.3, -0.25) is 0 Å². The average molecular weight is 345 g/mol. The molecule has 0 aromatic carbocycles. The minimum atomic E-state index is -0.528. The smallest absolute Gasteiger partial charge is 0.343 e. The number of nitrogens with zero attached hydrogens (tertiary/aromatic N) is 9. The molecular weight excluding hydrogens is 330 g/mol. The Balaban J connectivity index is 2.00. The highest BCUT2D eigenvalue weighted by Gasteiger charge is 2.23. The molecule has 3 rings (SSSR count). The molecule has 0 saturated heterocycles. The summed E-state index contributed by atoms with van der Waals surface area (Å²) in [7, 11) is 3.29. The van der Waals surface area contributed by atoms with Crippen LogP contribution < -0.4 is 0 Å². The number of nitro groups is 1. The highest BCUT2D eigenvalue weighted by molar-refractivity contribution is 5.60. The largest absolute Gasteiger partial charge is 0.395 e. The van der Waals surface area contributed by atoms with Crippen LogP contribution in [0.4, 0.5) is 11.6 Å². The van der Waals surface area contributed by atoms with Gasteiger partial charge in [-0.05, 0) is 17.1 Å². The molecule has 12 nitrogen and oxygen atoms in total. The van der Waals surface area contributed by atoms with E-state index < -0.39 is 4.92 Å². The maximum Gasteiger partial charge on any atom is 0.343 e. The van der Waals surface area contributed by atoms with Crippen molar-refractivity contribution in [3.8, 4) is 11.6 Å². The van der Waals surface area contributed by atoms with Gasteiger partial charge in [0, 0.05) is 13.6 Å². The van der Waals surface area contributed by atoms with Crippen LogP contribution in [0.25, 0.3) is 17.3 Å². The van der Waals surface area contributed by atoms with Gasteiger partial charge in [-0.1, -0.05) is 0 Å². The minimum absolute atomic E-state index is 0.0164. The Bertz CT molecular complexity index is 946. The van der Waals surface area contributed by atoms with Crippen LogP contribution in [0.3, 0.4) is 0 Å². The fourth-order valence-corrected chi connectivity index (χ4v) is 2.14. The minimum Gasteiger partial charge on any atom is -0.395 e. The summed E-state index contributed by atoms with van der Waals surface area (Å²) in [6.07, 6.45) is 2.70. The van der Waals surface area contributed by atoms with Gasteiger partial charge in [0.25, 0.3) is 5.82 Å². The van der Waals surface area contributed by atoms with Crippen molar-refractivity contribution in [2.45, 2.75) is 0 Å². The van der Waals surface area contributed by atoms with Gasteiger partial charge >= 0.3 is 5.82 Å². The molecule has 0 spiro atoms. The maximum absolute atomic E-state index is 11.0. The van der Waals surface area contributed by atoms with Crippen molar-refractivity contribution < 1.29 is 10.0 Å². The Kier molecular flexibility index (Phi) is 4.35. The lowest BCUT2D eigenvalue weighted by molar-refractivity contribution is -0.391. The second-order valence-corrected chi connectivity index (χ2v) is 5.19. The number of likely N-dealkylation sites (N-methyl/N-ethyl adjacent to an activating group) is 1. The lowest BCUT2D eigenvalue weighted by Crippen LogP contribution is -2.19. The SMILES string of the molecule is CN(C=Nc1ccc2nnc(-c3ncc([N+](=O)[O-])n3C)n2n1)CCO. The quantitative estimate of drug-likeness (QED) is 0.285. The first-order valence-electron chi connectivity index (χ1n) is 7.25. The lowest BCUT2D eigenvalue weighted by Gasteiger charge is -2.09. The topological polar surface area (TPSA) is 140 Å². The van der Waals surface area contributed by atoms with Gasteiger partial charge in [0.05, 0.1) is 20.0 Å². The monoisotopic (exact) mass is 345 g/mol. The van der Waals surface area contributed by atoms with Crippen LogP contribution in [0.5, 0.6) is 0 Å². The molecule has 0 saturated carbocycles. The molecular formula is C13H15N9O3. The highest BCUT2D eigenvalue weighted by Crippen LogP contribution is 2.21. The first-order valence-corrected chi connectivity index (χ1v) is 7.25. The van der Waals surface area contributed by atoms with E-state index in [1.165, 1.54) is 16.1 Å². The summed E-state index contributed by atoms with van der Waals surface area (Å²) in [6, 6.07) is 3.34. The van der Waals surface area contributed by atoms with Gasteiger partial charge in [0.2, 0.25) is 5.82 Å². The van der Waals surface area contributed by atoms with Crippen LogP contribution in [0.1, 0.15) is 0 Å². The molecule has 0 amide bonds. The fraction of sp³-hybridized carbons (Fsp3) is 0.308. The molecule has 0 unspecified atom stereocenters. The zero-order chi connectivity index (χ0) is 18.0. The summed E-state index contributed by atoms with van der Waals surface area (Å²) in [4.78, 5) is 20.4. The Morgan fingerprint density at radius 1 is 1.40 bits per heavy atom. The Morgan fingerprint density at radius 3 is 2.88 bits per heavy atom. The van der Waals surface area contributed by atoms with E-state index in [1.807, 2.05) is 0 Å². The summed E-state index contributed by atoms with van der Waals surface area (Å²) < 4.78 is 2.73. The van der Waals surface area contributed by atoms with E-state index in [0.717, 1.165) is 6.20 Å². The van der Waals surface area contributed by atoms with Crippen LogP contribution in [0.15, 0.2) is 23.3 Å². The van der Waals surface area contributed by atoms with Crippen molar-refractivity contribution >= 4 is 23.6 Å². The molecule has 0 atom stereocenters. The third kappa shape index (κ3) is 3.14. The first-order chi connectivity index (χ1) is 12.0. The zero-order valence-corrected chi connectivity index (χ0v) is 13.5. The number of aliphatic imine (C=N–C) groups is 1. The standard InChI is InChI=1S/C13H15N9O3/c1-19(5-6-23)8-15-9-3-4-10-16-17-13(21(10)18-9)12-14-7-11(20(12)2)22(24)25/h3-4,7-8,23H,5-6H2,1-2H3. The van der Waals surface area contributed by atoms with Crippen LogP contribution >= 0.6 is 0 Å². The van der Waals surface area contributed by atoms with Crippen molar-refractivity contribution in [1.29, 1.82) is 0 Å². The maximum atomic E-state index is 11.0. The number of aromatic nitrogens is 6. The molecule has 0 aliphatic carbocycles. The molecule has 25 heavy (non-hydrogen) atoms. The Morgan fingerprint density at radius 2 is 2.20 bits per heavy atom. The van der Waals surface area contributed by atoms with Crippen molar-refractivity contribution in [1.82, 2.24) is 34.3 Å². The number of rotatable bonds is 6. The molecule has 3 heterocycles. The molecule has 0 radical (unpaired) electrons. The fourth-order valence-electron chi connectivity index (χ4n) is 2.14. The molecule has 12 heteroatoms. The number of fused-ring (bicyclic) bond motifs is 1. The summed E-state index contributed by atoms with van der Waals surface area (Å²) >= 11 is 0. The predicted molar refractivity (Wildman–Crippen MR) is 87.5 cm³/mol. The second-order valence-electron chi connectivity index (χ2n) is 5.19. The molecule has 0 bridgehead atoms. The summed E-state index contributed by atoms with van der Waals surface area (Å²) in [5, 5.41) is 32.2. The number of aliphatic hydroxyl groups is 1. The lowest BCUT2D eigenvalue weighted by atomic mass is 10.5. The van der Waals surface area contributed by atoms with Gasteiger partial charge in [-0.15, -0.1) is 15.3 Å². The first kappa shape index (κ1) is 16.4. The second kappa shape index (κ2) is 6.60. The van der Waals surface area contributed by atoms with Gasteiger partial charge in [-0.2, -0.15) is 4.52 Å². The van der Waals surface area contributed by atoms with E-state index in [9.17, 15) is 10.1 Å². The van der Waals surface area contributed by atoms with Gasteiger partial charge in [-0.25, -0.2) is 14.5 Å². The third-order valence-corrected chi connectivity index (χ3v) is 3.44. The molecule has 130 valence electrons. The van der Waals surface area contributed by atoms with E-state index in [1.54, 1.807) is 30.4 Å². The number of hydrogen-bond donors (Lipinski definition) is 1.